The Kier molecular flexibility index (Phi) is 1.96. The molecule has 0 amide bonds. The van der Waals surface area contributed by atoms with Gasteiger partial charge in [0.25, 0.3) is 0 Å². The van der Waals surface area contributed by atoms with E-state index in [0.717, 1.165) is 0 Å². The van der Waals surface area contributed by atoms with Crippen LogP contribution in [0.4, 0.5) is 0 Å². The summed E-state index contributed by atoms with van der Waals surface area (Å²) >= 11 is 0. The number of benzene rings is 1. The van der Waals surface area contributed by atoms with Crippen LogP contribution in [0.15, 0.2) is 23.3 Å². The maximum absolute atomic E-state index is 9.13. The number of nitrogens with zero attached hydrogens (tertiary/aromatic N) is 1. The van der Waals surface area contributed by atoms with E-state index in [1.807, 2.05) is 0 Å². The van der Waals surface area contributed by atoms with Crippen LogP contribution in [-0.2, 0) is 0 Å². The molecule has 4 N–H and O–H groups in total. The van der Waals surface area contributed by atoms with Gasteiger partial charge in [0.15, 0.2) is 11.5 Å². The summed E-state index contributed by atoms with van der Waals surface area (Å²) in [5.41, 5.74) is 0.396. The topological polar surface area (TPSA) is 78.8 Å². The molecule has 0 saturated heterocycles. The molecule has 0 aliphatic carbocycles. The van der Waals surface area contributed by atoms with Crippen molar-refractivity contribution in [2.24, 2.45) is 10.9 Å². The third-order valence-corrected chi connectivity index (χ3v) is 1.26. The van der Waals surface area contributed by atoms with Gasteiger partial charge in [0.05, 0.1) is 6.21 Å². The summed E-state index contributed by atoms with van der Waals surface area (Å²) in [6.45, 7) is 0. The molecule has 0 bridgehead atoms. The summed E-state index contributed by atoms with van der Waals surface area (Å²) in [6, 6.07) is 4.56. The van der Waals surface area contributed by atoms with Gasteiger partial charge in [-0.25, -0.2) is 0 Å². The molecule has 0 spiro atoms. The molecule has 58 valence electrons. The molecule has 11 heavy (non-hydrogen) atoms. The lowest BCUT2D eigenvalue weighted by molar-refractivity contribution is 0.403. The second kappa shape index (κ2) is 2.92. The summed E-state index contributed by atoms with van der Waals surface area (Å²) in [6.07, 6.45) is 1.26. The Bertz CT molecular complexity index is 284. The minimum atomic E-state index is -0.207. The molecule has 0 radical (unpaired) electrons. The van der Waals surface area contributed by atoms with E-state index in [1.54, 1.807) is 12.1 Å². The summed E-state index contributed by atoms with van der Waals surface area (Å²) in [4.78, 5) is 0. The average molecular weight is 152 g/mol. The zero-order chi connectivity index (χ0) is 8.27. The Morgan fingerprint density at radius 3 is 2.73 bits per heavy atom. The Labute approximate surface area is 63.6 Å². The van der Waals surface area contributed by atoms with Crippen LogP contribution < -0.4 is 5.84 Å². The van der Waals surface area contributed by atoms with Gasteiger partial charge in [-0.3, -0.25) is 0 Å². The number of rotatable bonds is 1. The number of hydrazone groups is 1. The van der Waals surface area contributed by atoms with Crippen molar-refractivity contribution in [3.05, 3.63) is 23.8 Å². The van der Waals surface area contributed by atoms with Gasteiger partial charge in [-0.05, 0) is 12.1 Å². The van der Waals surface area contributed by atoms with E-state index in [4.69, 9.17) is 16.1 Å². The van der Waals surface area contributed by atoms with Gasteiger partial charge in [-0.15, -0.1) is 0 Å². The SMILES string of the molecule is NN=Cc1cccc(O)c1O. The highest BCUT2D eigenvalue weighted by Gasteiger charge is 2.01. The van der Waals surface area contributed by atoms with Crippen molar-refractivity contribution in [3.63, 3.8) is 0 Å². The van der Waals surface area contributed by atoms with Crippen LogP contribution in [-0.4, -0.2) is 16.4 Å². The molecule has 0 aliphatic rings. The number of para-hydroxylation sites is 1. The normalized spacial score (nSPS) is 10.5. The predicted octanol–water partition coefficient (Wildman–Crippen LogP) is 0.390. The largest absolute Gasteiger partial charge is 0.504 e. The number of phenolic OH excluding ortho intramolecular Hbond substituents is 2. The fraction of sp³-hybridized carbons (Fsp3) is 0. The van der Waals surface area contributed by atoms with E-state index in [9.17, 15) is 0 Å². The van der Waals surface area contributed by atoms with Gasteiger partial charge in [-0.1, -0.05) is 6.07 Å². The van der Waals surface area contributed by atoms with Crippen molar-refractivity contribution >= 4 is 6.21 Å². The molecule has 4 heteroatoms. The number of hydrogen-bond acceptors (Lipinski definition) is 4. The van der Waals surface area contributed by atoms with Crippen molar-refractivity contribution in [2.45, 2.75) is 0 Å². The number of aromatic hydroxyl groups is 2. The van der Waals surface area contributed by atoms with Crippen LogP contribution >= 0.6 is 0 Å². The van der Waals surface area contributed by atoms with Crippen LogP contribution in [0.5, 0.6) is 11.5 Å². The van der Waals surface area contributed by atoms with Gasteiger partial charge >= 0.3 is 0 Å². The summed E-state index contributed by atoms with van der Waals surface area (Å²) in [7, 11) is 0. The fourth-order valence-electron chi connectivity index (χ4n) is 0.733. The van der Waals surface area contributed by atoms with Crippen molar-refractivity contribution in [1.82, 2.24) is 0 Å². The van der Waals surface area contributed by atoms with Gasteiger partial charge in [0, 0.05) is 5.56 Å². The predicted molar refractivity (Wildman–Crippen MR) is 41.6 cm³/mol. The fourth-order valence-corrected chi connectivity index (χ4v) is 0.733. The molecule has 1 rings (SSSR count). The molecule has 0 fully saturated rings. The van der Waals surface area contributed by atoms with Gasteiger partial charge in [0.2, 0.25) is 0 Å². The zero-order valence-electron chi connectivity index (χ0n) is 5.73. The molecular weight excluding hydrogens is 144 g/mol. The maximum Gasteiger partial charge on any atom is 0.166 e. The van der Waals surface area contributed by atoms with E-state index in [2.05, 4.69) is 5.10 Å². The second-order valence-corrected chi connectivity index (χ2v) is 1.99. The molecule has 1 aromatic carbocycles. The molecule has 0 aromatic heterocycles. The number of hydrogen-bond donors (Lipinski definition) is 3. The van der Waals surface area contributed by atoms with E-state index < -0.39 is 0 Å². The van der Waals surface area contributed by atoms with Crippen LogP contribution in [0.25, 0.3) is 0 Å². The molecule has 0 heterocycles. The molecule has 1 aromatic rings. The maximum atomic E-state index is 9.13. The zero-order valence-corrected chi connectivity index (χ0v) is 5.73. The van der Waals surface area contributed by atoms with E-state index >= 15 is 0 Å². The lowest BCUT2D eigenvalue weighted by Gasteiger charge is -1.98. The number of nitrogens with two attached hydrogens (primary N) is 1. The summed E-state index contributed by atoms with van der Waals surface area (Å²) in [5, 5.41) is 21.3. The minimum Gasteiger partial charge on any atom is -0.504 e. The van der Waals surface area contributed by atoms with Crippen molar-refractivity contribution < 1.29 is 10.2 Å². The Morgan fingerprint density at radius 2 is 2.09 bits per heavy atom. The van der Waals surface area contributed by atoms with Crippen molar-refractivity contribution in [3.8, 4) is 11.5 Å². The number of phenols is 2. The smallest absolute Gasteiger partial charge is 0.166 e. The summed E-state index contributed by atoms with van der Waals surface area (Å²) < 4.78 is 0. The van der Waals surface area contributed by atoms with Crippen molar-refractivity contribution in [2.75, 3.05) is 0 Å². The first-order valence-electron chi connectivity index (χ1n) is 3.00. The standard InChI is InChI=1S/C7H8N2O2/c8-9-4-5-2-1-3-6(10)7(5)11/h1-4,10-11H,8H2. The lowest BCUT2D eigenvalue weighted by atomic mass is 10.2. The van der Waals surface area contributed by atoms with Gasteiger partial charge in [0.1, 0.15) is 0 Å². The Hall–Kier alpha value is -1.71. The highest BCUT2D eigenvalue weighted by molar-refractivity contribution is 5.84. The highest BCUT2D eigenvalue weighted by atomic mass is 16.3. The summed E-state index contributed by atoms with van der Waals surface area (Å²) in [5.74, 6) is 4.47. The first-order chi connectivity index (χ1) is 5.25. The van der Waals surface area contributed by atoms with E-state index in [0.29, 0.717) is 5.56 Å². The van der Waals surface area contributed by atoms with Crippen LogP contribution in [0.3, 0.4) is 0 Å². The third kappa shape index (κ3) is 1.40. The molecule has 0 aliphatic heterocycles. The Morgan fingerprint density at radius 1 is 1.36 bits per heavy atom. The Balaban J connectivity index is 3.16. The second-order valence-electron chi connectivity index (χ2n) is 1.99. The third-order valence-electron chi connectivity index (χ3n) is 1.26. The van der Waals surface area contributed by atoms with E-state index in [-0.39, 0.29) is 11.5 Å². The van der Waals surface area contributed by atoms with Crippen LogP contribution in [0.1, 0.15) is 5.56 Å². The van der Waals surface area contributed by atoms with Gasteiger partial charge in [-0.2, -0.15) is 5.10 Å². The lowest BCUT2D eigenvalue weighted by Crippen LogP contribution is -1.86. The van der Waals surface area contributed by atoms with Gasteiger partial charge < -0.3 is 16.1 Å². The molecular formula is C7H8N2O2. The first-order valence-corrected chi connectivity index (χ1v) is 3.00. The molecule has 4 nitrogen and oxygen atoms in total. The van der Waals surface area contributed by atoms with E-state index in [1.165, 1.54) is 12.3 Å². The average Bonchev–Trinajstić information content (AvgIpc) is 1.99. The molecule has 0 atom stereocenters. The quantitative estimate of drug-likeness (QED) is 0.236. The first kappa shape index (κ1) is 7.40. The van der Waals surface area contributed by atoms with Crippen molar-refractivity contribution in [1.29, 1.82) is 0 Å². The monoisotopic (exact) mass is 152 g/mol. The van der Waals surface area contributed by atoms with Crippen LogP contribution in [0.2, 0.25) is 0 Å². The highest BCUT2D eigenvalue weighted by Crippen LogP contribution is 2.26. The minimum absolute atomic E-state index is 0.178. The van der Waals surface area contributed by atoms with Crippen LogP contribution in [0, 0.1) is 0 Å². The molecule has 0 saturated carbocycles. The molecule has 0 unspecified atom stereocenters.